The van der Waals surface area contributed by atoms with Gasteiger partial charge in [-0.1, -0.05) is 23.7 Å². The molecule has 1 aliphatic rings. The number of ether oxygens (including phenoxy) is 1. The average Bonchev–Trinajstić information content (AvgIpc) is 3.24. The molecule has 2 aromatic carbocycles. The van der Waals surface area contributed by atoms with Crippen LogP contribution in [0.25, 0.3) is 5.69 Å². The van der Waals surface area contributed by atoms with E-state index in [0.29, 0.717) is 42.7 Å². The predicted molar refractivity (Wildman–Crippen MR) is 118 cm³/mol. The Bertz CT molecular complexity index is 1020. The molecule has 31 heavy (non-hydrogen) atoms. The molecule has 0 bridgehead atoms. The molecular weight excluding hydrogens is 418 g/mol. The minimum absolute atomic E-state index is 0.127. The number of hydrogen-bond donors (Lipinski definition) is 1. The van der Waals surface area contributed by atoms with Crippen LogP contribution in [0.2, 0.25) is 5.02 Å². The molecule has 1 aromatic heterocycles. The summed E-state index contributed by atoms with van der Waals surface area (Å²) in [6.45, 7) is 5.75. The van der Waals surface area contributed by atoms with Crippen LogP contribution in [-0.2, 0) is 6.54 Å². The van der Waals surface area contributed by atoms with E-state index >= 15 is 0 Å². The predicted octanol–water partition coefficient (Wildman–Crippen LogP) is 3.06. The summed E-state index contributed by atoms with van der Waals surface area (Å²) in [5.74, 6) is 1.41. The van der Waals surface area contributed by atoms with E-state index < -0.39 is 0 Å². The first-order chi connectivity index (χ1) is 15.1. The molecule has 1 aliphatic heterocycles. The molecule has 10 heteroatoms. The quantitative estimate of drug-likeness (QED) is 0.632. The number of para-hydroxylation sites is 2. The number of carbonyl (C=O) groups is 1. The van der Waals surface area contributed by atoms with Crippen molar-refractivity contribution in [3.63, 3.8) is 0 Å². The van der Waals surface area contributed by atoms with E-state index in [1.165, 1.54) is 0 Å². The Morgan fingerprint density at radius 2 is 1.84 bits per heavy atom. The highest BCUT2D eigenvalue weighted by Gasteiger charge is 2.23. The van der Waals surface area contributed by atoms with Gasteiger partial charge in [-0.15, -0.1) is 5.10 Å². The number of hydrogen-bond acceptors (Lipinski definition) is 6. The standard InChI is InChI=1S/C21H24ClN7O2/c1-2-31-19-6-4-3-5-18(19)23-21(30)28-13-11-27(12-14-28)15-20-24-25-26-29(20)17-9-7-16(22)8-10-17/h3-10H,2,11-15H2,1H3,(H,23,30). The van der Waals surface area contributed by atoms with Crippen molar-refractivity contribution in [2.45, 2.75) is 13.5 Å². The van der Waals surface area contributed by atoms with Gasteiger partial charge in [-0.25, -0.2) is 4.79 Å². The van der Waals surface area contributed by atoms with Gasteiger partial charge in [-0.2, -0.15) is 4.68 Å². The third-order valence-electron chi connectivity index (χ3n) is 5.06. The van der Waals surface area contributed by atoms with E-state index in [4.69, 9.17) is 16.3 Å². The van der Waals surface area contributed by atoms with E-state index in [0.717, 1.165) is 24.6 Å². The van der Waals surface area contributed by atoms with Crippen LogP contribution in [0, 0.1) is 0 Å². The summed E-state index contributed by atoms with van der Waals surface area (Å²) in [6.07, 6.45) is 0. The Balaban J connectivity index is 1.33. The van der Waals surface area contributed by atoms with Crippen LogP contribution >= 0.6 is 11.6 Å². The first-order valence-electron chi connectivity index (χ1n) is 10.2. The summed E-state index contributed by atoms with van der Waals surface area (Å²) in [7, 11) is 0. The van der Waals surface area contributed by atoms with Crippen molar-refractivity contribution in [1.82, 2.24) is 30.0 Å². The summed E-state index contributed by atoms with van der Waals surface area (Å²) in [5, 5.41) is 15.7. The van der Waals surface area contributed by atoms with Crippen LogP contribution in [0.15, 0.2) is 48.5 Å². The Kier molecular flexibility index (Phi) is 6.63. The van der Waals surface area contributed by atoms with Gasteiger partial charge in [0.15, 0.2) is 5.82 Å². The summed E-state index contributed by atoms with van der Waals surface area (Å²) in [6, 6.07) is 14.7. The van der Waals surface area contributed by atoms with Gasteiger partial charge < -0.3 is 15.0 Å². The van der Waals surface area contributed by atoms with Crippen molar-refractivity contribution in [3.8, 4) is 11.4 Å². The maximum Gasteiger partial charge on any atom is 0.322 e. The molecule has 1 fully saturated rings. The van der Waals surface area contributed by atoms with Crippen molar-refractivity contribution >= 4 is 23.3 Å². The Hall–Kier alpha value is -3.17. The molecule has 2 heterocycles. The molecule has 1 N–H and O–H groups in total. The lowest BCUT2D eigenvalue weighted by molar-refractivity contribution is 0.140. The van der Waals surface area contributed by atoms with E-state index in [1.807, 2.05) is 55.5 Å². The van der Waals surface area contributed by atoms with Gasteiger partial charge in [-0.05, 0) is 53.7 Å². The van der Waals surface area contributed by atoms with Crippen LogP contribution in [-0.4, -0.2) is 68.8 Å². The lowest BCUT2D eigenvalue weighted by atomic mass is 10.3. The number of nitrogens with zero attached hydrogens (tertiary/aromatic N) is 6. The molecule has 1 saturated heterocycles. The number of nitrogens with one attached hydrogen (secondary N) is 1. The third kappa shape index (κ3) is 5.12. The van der Waals surface area contributed by atoms with Crippen molar-refractivity contribution in [1.29, 1.82) is 0 Å². The maximum atomic E-state index is 12.7. The first-order valence-corrected chi connectivity index (χ1v) is 10.5. The van der Waals surface area contributed by atoms with Gasteiger partial charge >= 0.3 is 6.03 Å². The lowest BCUT2D eigenvalue weighted by Gasteiger charge is -2.34. The molecule has 2 amide bonds. The molecule has 3 aromatic rings. The summed E-state index contributed by atoms with van der Waals surface area (Å²) < 4.78 is 7.29. The molecule has 0 atom stereocenters. The van der Waals surface area contributed by atoms with E-state index in [1.54, 1.807) is 9.58 Å². The third-order valence-corrected chi connectivity index (χ3v) is 5.31. The van der Waals surface area contributed by atoms with Gasteiger partial charge in [0.1, 0.15) is 5.75 Å². The van der Waals surface area contributed by atoms with Crippen LogP contribution in [0.1, 0.15) is 12.7 Å². The van der Waals surface area contributed by atoms with Gasteiger partial charge in [0.2, 0.25) is 0 Å². The largest absolute Gasteiger partial charge is 0.492 e. The normalized spacial score (nSPS) is 14.5. The number of piperazine rings is 1. The van der Waals surface area contributed by atoms with Crippen LogP contribution in [0.4, 0.5) is 10.5 Å². The van der Waals surface area contributed by atoms with Gasteiger partial charge in [-0.3, -0.25) is 4.90 Å². The second-order valence-corrected chi connectivity index (χ2v) is 7.54. The van der Waals surface area contributed by atoms with Gasteiger partial charge in [0.05, 0.1) is 24.5 Å². The Labute approximate surface area is 185 Å². The van der Waals surface area contributed by atoms with Gasteiger partial charge in [0, 0.05) is 31.2 Å². The van der Waals surface area contributed by atoms with Crippen LogP contribution < -0.4 is 10.1 Å². The van der Waals surface area contributed by atoms with Crippen molar-refractivity contribution < 1.29 is 9.53 Å². The average molecular weight is 442 g/mol. The summed E-state index contributed by atoms with van der Waals surface area (Å²) in [5.41, 5.74) is 1.54. The molecular formula is C21H24ClN7O2. The zero-order valence-corrected chi connectivity index (χ0v) is 18.0. The molecule has 0 radical (unpaired) electrons. The molecule has 0 saturated carbocycles. The molecule has 0 unspecified atom stereocenters. The zero-order valence-electron chi connectivity index (χ0n) is 17.2. The van der Waals surface area contributed by atoms with Gasteiger partial charge in [0.25, 0.3) is 0 Å². The van der Waals surface area contributed by atoms with Crippen molar-refractivity contribution in [2.75, 3.05) is 38.1 Å². The summed E-state index contributed by atoms with van der Waals surface area (Å²) in [4.78, 5) is 16.7. The first kappa shape index (κ1) is 21.1. The maximum absolute atomic E-state index is 12.7. The highest BCUT2D eigenvalue weighted by molar-refractivity contribution is 6.30. The molecule has 0 spiro atoms. The molecule has 162 valence electrons. The minimum atomic E-state index is -0.127. The number of amides is 2. The monoisotopic (exact) mass is 441 g/mol. The van der Waals surface area contributed by atoms with E-state index in [9.17, 15) is 4.79 Å². The lowest BCUT2D eigenvalue weighted by Crippen LogP contribution is -2.49. The zero-order chi connectivity index (χ0) is 21.6. The molecule has 4 rings (SSSR count). The Morgan fingerprint density at radius 1 is 1.10 bits per heavy atom. The highest BCUT2D eigenvalue weighted by atomic mass is 35.5. The van der Waals surface area contributed by atoms with E-state index in [2.05, 4.69) is 25.7 Å². The number of aromatic nitrogens is 4. The van der Waals surface area contributed by atoms with E-state index in [-0.39, 0.29) is 6.03 Å². The number of halogens is 1. The van der Waals surface area contributed by atoms with Crippen LogP contribution in [0.5, 0.6) is 5.75 Å². The second-order valence-electron chi connectivity index (χ2n) is 7.11. The SMILES string of the molecule is CCOc1ccccc1NC(=O)N1CCN(Cc2nnnn2-c2ccc(Cl)cc2)CC1. The number of anilines is 1. The number of benzene rings is 2. The summed E-state index contributed by atoms with van der Waals surface area (Å²) >= 11 is 5.97. The number of rotatable bonds is 6. The fourth-order valence-electron chi connectivity index (χ4n) is 3.44. The highest BCUT2D eigenvalue weighted by Crippen LogP contribution is 2.24. The van der Waals surface area contributed by atoms with Crippen molar-refractivity contribution in [3.05, 3.63) is 59.4 Å². The van der Waals surface area contributed by atoms with Crippen molar-refractivity contribution in [2.24, 2.45) is 0 Å². The molecule has 0 aliphatic carbocycles. The fraction of sp³-hybridized carbons (Fsp3) is 0.333. The Morgan fingerprint density at radius 3 is 2.58 bits per heavy atom. The van der Waals surface area contributed by atoms with Crippen LogP contribution in [0.3, 0.4) is 0 Å². The second kappa shape index (κ2) is 9.76. The topological polar surface area (TPSA) is 88.4 Å². The fourth-order valence-corrected chi connectivity index (χ4v) is 3.57. The number of urea groups is 1. The number of carbonyl (C=O) groups excluding carboxylic acids is 1. The molecule has 9 nitrogen and oxygen atoms in total. The number of tetrazole rings is 1. The smallest absolute Gasteiger partial charge is 0.322 e. The minimum Gasteiger partial charge on any atom is -0.492 e.